The summed E-state index contributed by atoms with van der Waals surface area (Å²) in [6.45, 7) is 2.50. The number of benzene rings is 2. The molecule has 4 heteroatoms. The molecule has 4 aromatic rings. The molecular formula is C23H19N3O. The zero-order valence-electron chi connectivity index (χ0n) is 15.0. The number of amides is 1. The summed E-state index contributed by atoms with van der Waals surface area (Å²) in [5, 5.41) is 3.89. The number of pyridine rings is 2. The lowest BCUT2D eigenvalue weighted by atomic mass is 10.0. The quantitative estimate of drug-likeness (QED) is 0.586. The number of hydrogen-bond donors (Lipinski definition) is 1. The molecule has 0 fully saturated rings. The summed E-state index contributed by atoms with van der Waals surface area (Å²) in [7, 11) is 0. The Labute approximate surface area is 157 Å². The smallest absolute Gasteiger partial charge is 0.252 e. The highest BCUT2D eigenvalue weighted by molar-refractivity contribution is 6.07. The van der Waals surface area contributed by atoms with Crippen LogP contribution in [0.2, 0.25) is 0 Å². The Morgan fingerprint density at radius 2 is 1.74 bits per heavy atom. The normalized spacial score (nSPS) is 10.7. The van der Waals surface area contributed by atoms with Crippen molar-refractivity contribution in [3.63, 3.8) is 0 Å². The zero-order chi connectivity index (χ0) is 18.6. The molecule has 1 amide bonds. The molecule has 1 N–H and O–H groups in total. The molecule has 4 rings (SSSR count). The van der Waals surface area contributed by atoms with Gasteiger partial charge in [0.1, 0.15) is 0 Å². The average molecular weight is 353 g/mol. The molecule has 0 unspecified atom stereocenters. The molecule has 0 bridgehead atoms. The van der Waals surface area contributed by atoms with E-state index in [1.54, 1.807) is 12.4 Å². The van der Waals surface area contributed by atoms with Crippen LogP contribution in [0.1, 0.15) is 21.5 Å². The third-order valence-electron chi connectivity index (χ3n) is 4.48. The molecule has 132 valence electrons. The molecule has 0 saturated heterocycles. The predicted octanol–water partition coefficient (Wildman–Crippen LogP) is 4.54. The Morgan fingerprint density at radius 1 is 0.963 bits per heavy atom. The van der Waals surface area contributed by atoms with Gasteiger partial charge in [0.25, 0.3) is 5.91 Å². The van der Waals surface area contributed by atoms with Crippen molar-refractivity contribution in [1.82, 2.24) is 15.3 Å². The lowest BCUT2D eigenvalue weighted by molar-refractivity contribution is 0.0952. The maximum absolute atomic E-state index is 13.0. The van der Waals surface area contributed by atoms with Gasteiger partial charge < -0.3 is 5.32 Å². The third kappa shape index (κ3) is 3.70. The van der Waals surface area contributed by atoms with Crippen molar-refractivity contribution >= 4 is 16.8 Å². The van der Waals surface area contributed by atoms with Crippen LogP contribution < -0.4 is 5.32 Å². The van der Waals surface area contributed by atoms with E-state index in [9.17, 15) is 4.79 Å². The first-order valence-corrected chi connectivity index (χ1v) is 8.84. The van der Waals surface area contributed by atoms with Crippen LogP contribution in [0.3, 0.4) is 0 Å². The third-order valence-corrected chi connectivity index (χ3v) is 4.48. The fourth-order valence-electron chi connectivity index (χ4n) is 3.07. The van der Waals surface area contributed by atoms with E-state index in [0.29, 0.717) is 12.1 Å². The standard InChI is InChI=1S/C23H19N3O/c1-16-7-8-21-19(13-16)20(14-22(26-21)18-9-11-24-12-10-18)23(27)25-15-17-5-3-2-4-6-17/h2-14H,15H2,1H3,(H,25,27). The molecule has 0 radical (unpaired) electrons. The Morgan fingerprint density at radius 3 is 2.52 bits per heavy atom. The summed E-state index contributed by atoms with van der Waals surface area (Å²) in [6.07, 6.45) is 3.46. The molecular weight excluding hydrogens is 334 g/mol. The van der Waals surface area contributed by atoms with Gasteiger partial charge in [-0.2, -0.15) is 0 Å². The largest absolute Gasteiger partial charge is 0.348 e. The molecule has 2 aromatic carbocycles. The summed E-state index contributed by atoms with van der Waals surface area (Å²) in [5.41, 5.74) is 5.29. The van der Waals surface area contributed by atoms with Gasteiger partial charge in [-0.3, -0.25) is 9.78 Å². The number of aromatic nitrogens is 2. The molecule has 0 aliphatic rings. The van der Waals surface area contributed by atoms with Crippen LogP contribution in [0.15, 0.2) is 79.1 Å². The van der Waals surface area contributed by atoms with Gasteiger partial charge in [0.05, 0.1) is 16.8 Å². The van der Waals surface area contributed by atoms with Crippen molar-refractivity contribution in [2.24, 2.45) is 0 Å². The lowest BCUT2D eigenvalue weighted by Crippen LogP contribution is -2.23. The number of nitrogens with one attached hydrogen (secondary N) is 1. The molecule has 4 nitrogen and oxygen atoms in total. The predicted molar refractivity (Wildman–Crippen MR) is 107 cm³/mol. The van der Waals surface area contributed by atoms with Crippen LogP contribution in [0.4, 0.5) is 0 Å². The fourth-order valence-corrected chi connectivity index (χ4v) is 3.07. The molecule has 2 aromatic heterocycles. The molecule has 0 aliphatic heterocycles. The number of carbonyl (C=O) groups excluding carboxylic acids is 1. The van der Waals surface area contributed by atoms with Crippen molar-refractivity contribution < 1.29 is 4.79 Å². The van der Waals surface area contributed by atoms with Gasteiger partial charge in [-0.05, 0) is 42.8 Å². The van der Waals surface area contributed by atoms with Crippen LogP contribution >= 0.6 is 0 Å². The van der Waals surface area contributed by atoms with Crippen LogP contribution in [-0.2, 0) is 6.54 Å². The first-order chi connectivity index (χ1) is 13.2. The van der Waals surface area contributed by atoms with Crippen molar-refractivity contribution in [1.29, 1.82) is 0 Å². The monoisotopic (exact) mass is 353 g/mol. The van der Waals surface area contributed by atoms with Gasteiger partial charge >= 0.3 is 0 Å². The maximum Gasteiger partial charge on any atom is 0.252 e. The van der Waals surface area contributed by atoms with Crippen molar-refractivity contribution in [2.45, 2.75) is 13.5 Å². The Bertz CT molecular complexity index is 1090. The lowest BCUT2D eigenvalue weighted by Gasteiger charge is -2.11. The van der Waals surface area contributed by atoms with Gasteiger partial charge in [-0.1, -0.05) is 42.0 Å². The van der Waals surface area contributed by atoms with Crippen molar-refractivity contribution in [3.05, 3.63) is 95.8 Å². The van der Waals surface area contributed by atoms with E-state index in [1.165, 1.54) is 0 Å². The summed E-state index contributed by atoms with van der Waals surface area (Å²) in [4.78, 5) is 21.8. The molecule has 2 heterocycles. The van der Waals surface area contributed by atoms with E-state index in [1.807, 2.05) is 73.7 Å². The number of nitrogens with zero attached hydrogens (tertiary/aromatic N) is 2. The molecule has 0 spiro atoms. The van der Waals surface area contributed by atoms with Gasteiger partial charge in [0.2, 0.25) is 0 Å². The van der Waals surface area contributed by atoms with E-state index >= 15 is 0 Å². The number of rotatable bonds is 4. The Kier molecular flexibility index (Phi) is 4.62. The summed E-state index contributed by atoms with van der Waals surface area (Å²) in [5.74, 6) is -0.104. The van der Waals surface area contributed by atoms with Crippen molar-refractivity contribution in [2.75, 3.05) is 0 Å². The van der Waals surface area contributed by atoms with Crippen LogP contribution in [0, 0.1) is 6.92 Å². The summed E-state index contributed by atoms with van der Waals surface area (Å²) >= 11 is 0. The van der Waals surface area contributed by atoms with E-state index in [-0.39, 0.29) is 5.91 Å². The second-order valence-corrected chi connectivity index (χ2v) is 6.48. The van der Waals surface area contributed by atoms with Gasteiger partial charge in [-0.15, -0.1) is 0 Å². The summed E-state index contributed by atoms with van der Waals surface area (Å²) in [6, 6.07) is 21.5. The summed E-state index contributed by atoms with van der Waals surface area (Å²) < 4.78 is 0. The van der Waals surface area contributed by atoms with Crippen molar-refractivity contribution in [3.8, 4) is 11.3 Å². The highest BCUT2D eigenvalue weighted by atomic mass is 16.1. The Hall–Kier alpha value is -3.53. The minimum Gasteiger partial charge on any atom is -0.348 e. The molecule has 0 atom stereocenters. The topological polar surface area (TPSA) is 54.9 Å². The highest BCUT2D eigenvalue weighted by Gasteiger charge is 2.14. The maximum atomic E-state index is 13.0. The average Bonchev–Trinajstić information content (AvgIpc) is 2.72. The first-order valence-electron chi connectivity index (χ1n) is 8.84. The first kappa shape index (κ1) is 16.9. The van der Waals surface area contributed by atoms with Crippen LogP contribution in [-0.4, -0.2) is 15.9 Å². The molecule has 0 saturated carbocycles. The van der Waals surface area contributed by atoms with Crippen LogP contribution in [0.5, 0.6) is 0 Å². The minimum atomic E-state index is -0.104. The minimum absolute atomic E-state index is 0.104. The van der Waals surface area contributed by atoms with Gasteiger partial charge in [0, 0.05) is 29.9 Å². The molecule has 27 heavy (non-hydrogen) atoms. The highest BCUT2D eigenvalue weighted by Crippen LogP contribution is 2.25. The number of carbonyl (C=O) groups is 1. The van der Waals surface area contributed by atoms with E-state index in [2.05, 4.69) is 10.3 Å². The second kappa shape index (κ2) is 7.38. The van der Waals surface area contributed by atoms with E-state index in [0.717, 1.165) is 33.3 Å². The number of fused-ring (bicyclic) bond motifs is 1. The number of aryl methyl sites for hydroxylation is 1. The second-order valence-electron chi connectivity index (χ2n) is 6.48. The van der Waals surface area contributed by atoms with E-state index in [4.69, 9.17) is 4.98 Å². The molecule has 0 aliphatic carbocycles. The van der Waals surface area contributed by atoms with Crippen LogP contribution in [0.25, 0.3) is 22.2 Å². The SMILES string of the molecule is Cc1ccc2nc(-c3ccncc3)cc(C(=O)NCc3ccccc3)c2c1. The Balaban J connectivity index is 1.75. The number of hydrogen-bond acceptors (Lipinski definition) is 3. The van der Waals surface area contributed by atoms with Gasteiger partial charge in [-0.25, -0.2) is 4.98 Å². The zero-order valence-corrected chi connectivity index (χ0v) is 15.0. The van der Waals surface area contributed by atoms with E-state index < -0.39 is 0 Å². The fraction of sp³-hybridized carbons (Fsp3) is 0.0870. The van der Waals surface area contributed by atoms with Gasteiger partial charge in [0.15, 0.2) is 0 Å².